The predicted octanol–water partition coefficient (Wildman–Crippen LogP) is 7.59. The van der Waals surface area contributed by atoms with Gasteiger partial charge in [-0.25, -0.2) is 0 Å². The van der Waals surface area contributed by atoms with E-state index in [0.29, 0.717) is 11.6 Å². The average Bonchev–Trinajstić information content (AvgIpc) is 2.79. The third-order valence-electron chi connectivity index (χ3n) is 3.95. The summed E-state index contributed by atoms with van der Waals surface area (Å²) in [5, 5.41) is 3.01. The Bertz CT molecular complexity index is 1260. The molecule has 0 fully saturated rings. The molecule has 0 spiro atoms. The molecule has 0 atom stereocenters. The van der Waals surface area contributed by atoms with Crippen molar-refractivity contribution in [2.45, 2.75) is 19.7 Å². The molecule has 1 radical (unpaired) electrons. The van der Waals surface area contributed by atoms with Crippen molar-refractivity contribution in [2.75, 3.05) is 0 Å². The minimum atomic E-state index is 0. The topological polar surface area (TPSA) is 46.9 Å². The fraction of sp³-hybridized carbons (Fsp3) is 0.130. The van der Waals surface area contributed by atoms with Gasteiger partial charge in [-0.2, -0.15) is 0 Å². The Hall–Kier alpha value is -3.07. The number of thiol groups is 1. The van der Waals surface area contributed by atoms with E-state index < -0.39 is 0 Å². The number of aromatic nitrogens is 2. The van der Waals surface area contributed by atoms with Gasteiger partial charge in [-0.15, -0.1) is 9.97 Å². The molecule has 0 saturated carbocycles. The van der Waals surface area contributed by atoms with Gasteiger partial charge in [0.15, 0.2) is 11.0 Å². The van der Waals surface area contributed by atoms with Crippen molar-refractivity contribution in [1.29, 1.82) is 0 Å². The van der Waals surface area contributed by atoms with Crippen LogP contribution in [0.1, 0.15) is 18.6 Å². The zero-order valence-electron chi connectivity index (χ0n) is 16.1. The van der Waals surface area contributed by atoms with Gasteiger partial charge in [-0.05, 0) is 48.9 Å². The normalized spacial score (nSPS) is 9.03. The molecule has 0 bridgehead atoms. The number of fused-ring (bicyclic) bond motifs is 2. The van der Waals surface area contributed by atoms with Gasteiger partial charge in [0.2, 0.25) is 0 Å². The molecule has 0 saturated heterocycles. The molecule has 0 aliphatic carbocycles. The van der Waals surface area contributed by atoms with E-state index in [1.54, 1.807) is 12.1 Å². The maximum absolute atomic E-state index is 6.85. The summed E-state index contributed by atoms with van der Waals surface area (Å²) in [6, 6.07) is 19.4. The van der Waals surface area contributed by atoms with E-state index in [4.69, 9.17) is 13.1 Å². The van der Waals surface area contributed by atoms with Crippen LogP contribution in [0.3, 0.4) is 0 Å². The molecular formula is C23H20BBrN5S. The minimum absolute atomic E-state index is 0. The first-order chi connectivity index (χ1) is 14.5. The van der Waals surface area contributed by atoms with Crippen LogP contribution >= 0.6 is 28.7 Å². The summed E-state index contributed by atoms with van der Waals surface area (Å²) in [7, 11) is 4.34. The van der Waals surface area contributed by atoms with Crippen LogP contribution in [0, 0.1) is 20.1 Å². The number of hydrogen-bond acceptors (Lipinski definition) is 4. The Morgan fingerprint density at radius 1 is 0.903 bits per heavy atom. The van der Waals surface area contributed by atoms with Crippen LogP contribution in [0.5, 0.6) is 0 Å². The van der Waals surface area contributed by atoms with Crippen molar-refractivity contribution >= 4 is 69.8 Å². The minimum Gasteiger partial charge on any atom is -0.361 e. The number of halogens is 1. The smallest absolute Gasteiger partial charge is 0.270 e. The van der Waals surface area contributed by atoms with Gasteiger partial charge >= 0.3 is 24.8 Å². The Balaban J connectivity index is 0.000000268. The van der Waals surface area contributed by atoms with Crippen LogP contribution in [-0.2, 0) is 5.33 Å². The maximum Gasteiger partial charge on any atom is 0.270 e. The van der Waals surface area contributed by atoms with Gasteiger partial charge in [-0.1, -0.05) is 66.3 Å². The second kappa shape index (κ2) is 13.3. The van der Waals surface area contributed by atoms with Gasteiger partial charge in [-0.3, -0.25) is 0 Å². The molecule has 0 aliphatic rings. The van der Waals surface area contributed by atoms with Gasteiger partial charge < -0.3 is 9.69 Å². The van der Waals surface area contributed by atoms with Crippen LogP contribution < -0.4 is 0 Å². The molecule has 2 aromatic carbocycles. The zero-order chi connectivity index (χ0) is 21.9. The van der Waals surface area contributed by atoms with Crippen LogP contribution in [0.4, 0.5) is 11.6 Å². The third-order valence-corrected chi connectivity index (χ3v) is 4.60. The SMILES string of the molecule is C.[B]=NS.[C-]#[N+]c1ccc2cc(C)ccc2n1.[C-]#[N+]c1ccc2cc(CBr)ccc2n1. The van der Waals surface area contributed by atoms with Crippen molar-refractivity contribution < 1.29 is 0 Å². The Labute approximate surface area is 198 Å². The number of rotatable bonds is 1. The second-order valence-corrected chi connectivity index (χ2v) is 6.83. The van der Waals surface area contributed by atoms with E-state index in [0.717, 1.165) is 27.1 Å². The number of hydrogen-bond donors (Lipinski definition) is 1. The Morgan fingerprint density at radius 2 is 1.39 bits per heavy atom. The monoisotopic (exact) mass is 488 g/mol. The first-order valence-electron chi connectivity index (χ1n) is 8.67. The molecule has 31 heavy (non-hydrogen) atoms. The van der Waals surface area contributed by atoms with Gasteiger partial charge in [0, 0.05) is 16.1 Å². The number of pyridine rings is 2. The molecule has 8 heteroatoms. The van der Waals surface area contributed by atoms with Crippen molar-refractivity contribution in [3.63, 3.8) is 0 Å². The summed E-state index contributed by atoms with van der Waals surface area (Å²) in [4.78, 5) is 15.0. The summed E-state index contributed by atoms with van der Waals surface area (Å²) in [6.45, 7) is 15.7. The first-order valence-corrected chi connectivity index (χ1v) is 10.2. The van der Waals surface area contributed by atoms with E-state index in [-0.39, 0.29) is 7.43 Å². The molecule has 5 nitrogen and oxygen atoms in total. The Kier molecular flexibility index (Phi) is 11.1. The molecule has 0 amide bonds. The van der Waals surface area contributed by atoms with Crippen LogP contribution in [-0.4, -0.2) is 17.6 Å². The summed E-state index contributed by atoms with van der Waals surface area (Å²) >= 11 is 6.59. The van der Waals surface area contributed by atoms with Gasteiger partial charge in [0.1, 0.15) is 0 Å². The summed E-state index contributed by atoms with van der Waals surface area (Å²) in [6.07, 6.45) is 0. The van der Waals surface area contributed by atoms with E-state index in [1.807, 2.05) is 43.3 Å². The molecule has 153 valence electrons. The fourth-order valence-corrected chi connectivity index (χ4v) is 2.95. The van der Waals surface area contributed by atoms with Crippen molar-refractivity contribution in [2.24, 2.45) is 4.30 Å². The molecule has 4 aromatic rings. The third kappa shape index (κ3) is 7.60. The zero-order valence-corrected chi connectivity index (χ0v) is 18.6. The van der Waals surface area contributed by atoms with Gasteiger partial charge in [0.05, 0.1) is 0 Å². The fourth-order valence-electron chi connectivity index (χ4n) is 2.61. The first kappa shape index (κ1) is 26.0. The maximum atomic E-state index is 6.85. The van der Waals surface area contributed by atoms with Crippen LogP contribution in [0.25, 0.3) is 31.5 Å². The van der Waals surface area contributed by atoms with E-state index in [1.165, 1.54) is 11.1 Å². The average molecular weight is 489 g/mol. The van der Waals surface area contributed by atoms with Crippen LogP contribution in [0.2, 0.25) is 0 Å². The van der Waals surface area contributed by atoms with E-state index >= 15 is 0 Å². The number of aryl methyl sites for hydroxylation is 1. The summed E-state index contributed by atoms with van der Waals surface area (Å²) in [5.74, 6) is 0.903. The molecule has 0 N–H and O–H groups in total. The standard InChI is InChI=1S/C11H7BrN2.C11H8N2.CH4.BHNS/c1-13-11-5-3-9-6-8(7-12)2-4-10(9)14-11;1-8-3-5-10-9(7-8)4-6-11(12-2)13-10;;1-2-3/h2-6H,7H2;3-7H,1H3;1H4;3H. The number of nitrogens with zero attached hydrogens (tertiary/aromatic N) is 5. The largest absolute Gasteiger partial charge is 0.361 e. The van der Waals surface area contributed by atoms with Crippen molar-refractivity contribution in [3.8, 4) is 0 Å². The Morgan fingerprint density at radius 3 is 1.87 bits per heavy atom. The molecule has 0 aliphatic heterocycles. The summed E-state index contributed by atoms with van der Waals surface area (Å²) in [5.41, 5.74) is 4.20. The van der Waals surface area contributed by atoms with Gasteiger partial charge in [0.25, 0.3) is 11.6 Å². The number of alkyl halides is 1. The van der Waals surface area contributed by atoms with E-state index in [2.05, 4.69) is 72.5 Å². The van der Waals surface area contributed by atoms with Crippen molar-refractivity contribution in [3.05, 3.63) is 94.6 Å². The molecule has 0 unspecified atom stereocenters. The summed E-state index contributed by atoms with van der Waals surface area (Å²) < 4.78 is 2.69. The van der Waals surface area contributed by atoms with Crippen LogP contribution in [0.15, 0.2) is 65.0 Å². The van der Waals surface area contributed by atoms with E-state index in [9.17, 15) is 0 Å². The molecule has 2 heterocycles. The van der Waals surface area contributed by atoms with Crippen molar-refractivity contribution in [1.82, 2.24) is 9.97 Å². The molecular weight excluding hydrogens is 469 g/mol. The predicted molar refractivity (Wildman–Crippen MR) is 137 cm³/mol. The molecule has 4 rings (SSSR count). The second-order valence-electron chi connectivity index (χ2n) is 6.03. The number of benzene rings is 2. The molecule has 2 aromatic heterocycles. The quantitative estimate of drug-likeness (QED) is 0.130.